The van der Waals surface area contributed by atoms with Gasteiger partial charge in [0, 0.05) is 7.11 Å². The standard InChI is InChI=1S/C7H6O2.C2H6.CH4O/c8-6-9-7-4-2-1-3-5-7;2*1-2/h1-6H;1-2H3;2H,1H3. The summed E-state index contributed by atoms with van der Waals surface area (Å²) in [6.45, 7) is 4.41. The van der Waals surface area contributed by atoms with Gasteiger partial charge in [-0.25, -0.2) is 0 Å². The number of aliphatic hydroxyl groups excluding tert-OH is 1. The average molecular weight is 184 g/mol. The zero-order chi connectivity index (χ0) is 10.5. The summed E-state index contributed by atoms with van der Waals surface area (Å²) in [6, 6.07) is 8.90. The molecule has 0 heterocycles. The Morgan fingerprint density at radius 3 is 2.00 bits per heavy atom. The molecule has 0 bridgehead atoms. The Morgan fingerprint density at radius 1 is 1.15 bits per heavy atom. The van der Waals surface area contributed by atoms with Gasteiger partial charge >= 0.3 is 0 Å². The largest absolute Gasteiger partial charge is 0.429 e. The van der Waals surface area contributed by atoms with Crippen LogP contribution in [0.5, 0.6) is 5.75 Å². The van der Waals surface area contributed by atoms with Crippen molar-refractivity contribution in [3.8, 4) is 5.75 Å². The van der Waals surface area contributed by atoms with Crippen LogP contribution in [-0.2, 0) is 4.79 Å². The number of ether oxygens (including phenoxy) is 1. The molecule has 74 valence electrons. The van der Waals surface area contributed by atoms with Crippen LogP contribution in [0.4, 0.5) is 0 Å². The SMILES string of the molecule is CC.CO.O=COc1ccccc1. The normalized spacial score (nSPS) is 6.77. The van der Waals surface area contributed by atoms with Crippen LogP contribution in [0.15, 0.2) is 30.3 Å². The van der Waals surface area contributed by atoms with Crippen molar-refractivity contribution >= 4 is 6.47 Å². The molecule has 1 aromatic carbocycles. The number of rotatable bonds is 2. The van der Waals surface area contributed by atoms with Crippen LogP contribution in [0.3, 0.4) is 0 Å². The Labute approximate surface area is 79.0 Å². The highest BCUT2D eigenvalue weighted by atomic mass is 16.5. The zero-order valence-corrected chi connectivity index (χ0v) is 8.23. The number of aliphatic hydroxyl groups is 1. The van der Waals surface area contributed by atoms with Gasteiger partial charge in [-0.1, -0.05) is 32.0 Å². The van der Waals surface area contributed by atoms with Crippen LogP contribution in [0, 0.1) is 0 Å². The summed E-state index contributed by atoms with van der Waals surface area (Å²) in [4.78, 5) is 9.75. The summed E-state index contributed by atoms with van der Waals surface area (Å²) in [6.07, 6.45) is 0. The van der Waals surface area contributed by atoms with Gasteiger partial charge in [-0.15, -0.1) is 0 Å². The number of para-hydroxylation sites is 1. The zero-order valence-electron chi connectivity index (χ0n) is 8.23. The molecule has 3 heteroatoms. The highest BCUT2D eigenvalue weighted by Gasteiger charge is 1.84. The molecule has 0 amide bonds. The second-order valence-corrected chi connectivity index (χ2v) is 1.53. The van der Waals surface area contributed by atoms with Crippen molar-refractivity contribution in [1.82, 2.24) is 0 Å². The van der Waals surface area contributed by atoms with E-state index in [4.69, 9.17) is 5.11 Å². The lowest BCUT2D eigenvalue weighted by molar-refractivity contribution is -0.120. The van der Waals surface area contributed by atoms with E-state index in [1.165, 1.54) is 0 Å². The molecule has 0 saturated heterocycles. The second kappa shape index (κ2) is 13.3. The van der Waals surface area contributed by atoms with Crippen molar-refractivity contribution in [2.24, 2.45) is 0 Å². The predicted molar refractivity (Wildman–Crippen MR) is 52.6 cm³/mol. The van der Waals surface area contributed by atoms with E-state index in [1.807, 2.05) is 19.9 Å². The van der Waals surface area contributed by atoms with Gasteiger partial charge in [0.05, 0.1) is 0 Å². The molecule has 0 saturated carbocycles. The van der Waals surface area contributed by atoms with Crippen LogP contribution in [0.1, 0.15) is 13.8 Å². The van der Waals surface area contributed by atoms with Gasteiger partial charge in [0.1, 0.15) is 5.75 Å². The number of hydrogen-bond acceptors (Lipinski definition) is 3. The fourth-order valence-corrected chi connectivity index (χ4v) is 0.555. The van der Waals surface area contributed by atoms with Crippen molar-refractivity contribution in [3.63, 3.8) is 0 Å². The molecule has 1 rings (SSSR count). The molecule has 0 aliphatic rings. The summed E-state index contributed by atoms with van der Waals surface area (Å²) >= 11 is 0. The maximum atomic E-state index is 9.75. The lowest BCUT2D eigenvalue weighted by atomic mass is 10.3. The highest BCUT2D eigenvalue weighted by molar-refractivity contribution is 5.44. The molecule has 0 atom stereocenters. The van der Waals surface area contributed by atoms with Gasteiger partial charge in [0.2, 0.25) is 0 Å². The average Bonchev–Trinajstić information content (AvgIpc) is 2.26. The summed E-state index contributed by atoms with van der Waals surface area (Å²) in [5.74, 6) is 0.576. The lowest BCUT2D eigenvalue weighted by Crippen LogP contribution is -1.85. The Bertz CT molecular complexity index is 185. The van der Waals surface area contributed by atoms with Gasteiger partial charge in [-0.05, 0) is 12.1 Å². The molecule has 0 unspecified atom stereocenters. The van der Waals surface area contributed by atoms with Gasteiger partial charge in [0.15, 0.2) is 0 Å². The first-order valence-electron chi connectivity index (χ1n) is 4.03. The van der Waals surface area contributed by atoms with Gasteiger partial charge in [-0.3, -0.25) is 4.79 Å². The maximum Gasteiger partial charge on any atom is 0.298 e. The van der Waals surface area contributed by atoms with E-state index in [0.717, 1.165) is 7.11 Å². The first-order chi connectivity index (χ1) is 6.43. The highest BCUT2D eigenvalue weighted by Crippen LogP contribution is 2.05. The summed E-state index contributed by atoms with van der Waals surface area (Å²) in [5.41, 5.74) is 0. The molecule has 3 nitrogen and oxygen atoms in total. The Balaban J connectivity index is 0. The molecule has 0 aromatic heterocycles. The van der Waals surface area contributed by atoms with Crippen LogP contribution in [-0.4, -0.2) is 18.7 Å². The van der Waals surface area contributed by atoms with Crippen molar-refractivity contribution in [1.29, 1.82) is 0 Å². The molecule has 1 N–H and O–H groups in total. The number of hydrogen-bond donors (Lipinski definition) is 1. The first kappa shape index (κ1) is 14.2. The quantitative estimate of drug-likeness (QED) is 0.713. The Hall–Kier alpha value is -1.35. The molecular formula is C10H16O3. The van der Waals surface area contributed by atoms with Crippen molar-refractivity contribution in [2.75, 3.05) is 7.11 Å². The Morgan fingerprint density at radius 2 is 1.62 bits per heavy atom. The van der Waals surface area contributed by atoms with E-state index in [-0.39, 0.29) is 0 Å². The van der Waals surface area contributed by atoms with Crippen molar-refractivity contribution in [3.05, 3.63) is 30.3 Å². The number of benzene rings is 1. The number of carbonyl (C=O) groups excluding carboxylic acids is 1. The maximum absolute atomic E-state index is 9.75. The molecule has 1 aromatic rings. The minimum absolute atomic E-state index is 0.412. The van der Waals surface area contributed by atoms with E-state index in [0.29, 0.717) is 12.2 Å². The molecule has 0 spiro atoms. The monoisotopic (exact) mass is 184 g/mol. The Kier molecular flexibility index (Phi) is 14.5. The molecule has 0 radical (unpaired) electrons. The lowest BCUT2D eigenvalue weighted by Gasteiger charge is -1.92. The van der Waals surface area contributed by atoms with Crippen molar-refractivity contribution in [2.45, 2.75) is 13.8 Å². The van der Waals surface area contributed by atoms with E-state index in [2.05, 4.69) is 4.74 Å². The van der Waals surface area contributed by atoms with Crippen LogP contribution in [0.2, 0.25) is 0 Å². The van der Waals surface area contributed by atoms with Crippen LogP contribution < -0.4 is 4.74 Å². The molecule has 0 aliphatic carbocycles. The van der Waals surface area contributed by atoms with Crippen molar-refractivity contribution < 1.29 is 14.6 Å². The van der Waals surface area contributed by atoms with Crippen LogP contribution >= 0.6 is 0 Å². The topological polar surface area (TPSA) is 46.5 Å². The fourth-order valence-electron chi connectivity index (χ4n) is 0.555. The molecule has 13 heavy (non-hydrogen) atoms. The van der Waals surface area contributed by atoms with E-state index in [9.17, 15) is 4.79 Å². The third-order valence-electron chi connectivity index (χ3n) is 0.927. The molecule has 0 aliphatic heterocycles. The third kappa shape index (κ3) is 8.56. The summed E-state index contributed by atoms with van der Waals surface area (Å²) in [7, 11) is 1.00. The number of carbonyl (C=O) groups is 1. The smallest absolute Gasteiger partial charge is 0.298 e. The summed E-state index contributed by atoms with van der Waals surface area (Å²) < 4.78 is 4.53. The second-order valence-electron chi connectivity index (χ2n) is 1.53. The minimum atomic E-state index is 0.412. The van der Waals surface area contributed by atoms with E-state index >= 15 is 0 Å². The first-order valence-corrected chi connectivity index (χ1v) is 4.03. The molecule has 0 fully saturated rings. The van der Waals surface area contributed by atoms with E-state index < -0.39 is 0 Å². The predicted octanol–water partition coefficient (Wildman–Crippen LogP) is 1.86. The van der Waals surface area contributed by atoms with Gasteiger partial charge in [0.25, 0.3) is 6.47 Å². The third-order valence-corrected chi connectivity index (χ3v) is 0.927. The fraction of sp³-hybridized carbons (Fsp3) is 0.300. The summed E-state index contributed by atoms with van der Waals surface area (Å²) in [5, 5.41) is 7.00. The molecular weight excluding hydrogens is 168 g/mol. The van der Waals surface area contributed by atoms with Crippen LogP contribution in [0.25, 0.3) is 0 Å². The minimum Gasteiger partial charge on any atom is -0.429 e. The van der Waals surface area contributed by atoms with E-state index in [1.54, 1.807) is 24.3 Å². The van der Waals surface area contributed by atoms with Gasteiger partial charge < -0.3 is 9.84 Å². The van der Waals surface area contributed by atoms with Gasteiger partial charge in [-0.2, -0.15) is 0 Å².